The number of hydrogen-bond donors (Lipinski definition) is 2. The van der Waals surface area contributed by atoms with Crippen LogP contribution >= 0.6 is 11.6 Å². The smallest absolute Gasteiger partial charge is 0.258 e. The van der Waals surface area contributed by atoms with Crippen LogP contribution in [0.4, 0.5) is 0 Å². The van der Waals surface area contributed by atoms with Crippen LogP contribution in [0, 0.1) is 12.3 Å². The molecule has 0 spiro atoms. The zero-order chi connectivity index (χ0) is 15.5. The lowest BCUT2D eigenvalue weighted by molar-refractivity contribution is -0.122. The van der Waals surface area contributed by atoms with Crippen LogP contribution in [0.1, 0.15) is 5.56 Å². The van der Waals surface area contributed by atoms with Crippen molar-refractivity contribution in [2.45, 2.75) is 6.54 Å². The first-order chi connectivity index (χ1) is 10.2. The summed E-state index contributed by atoms with van der Waals surface area (Å²) in [5, 5.41) is 6.19. The van der Waals surface area contributed by atoms with Crippen molar-refractivity contribution in [3.8, 4) is 18.1 Å². The average Bonchev–Trinajstić information content (AvgIpc) is 2.48. The van der Waals surface area contributed by atoms with E-state index < -0.39 is 0 Å². The summed E-state index contributed by atoms with van der Waals surface area (Å²) in [6.45, 7) is 2.17. The molecule has 1 amide bonds. The molecule has 2 N–H and O–H groups in total. The summed E-state index contributed by atoms with van der Waals surface area (Å²) in [5.74, 6) is 2.50. The van der Waals surface area contributed by atoms with Gasteiger partial charge in [-0.05, 0) is 17.7 Å². The summed E-state index contributed by atoms with van der Waals surface area (Å²) < 4.78 is 10.3. The summed E-state index contributed by atoms with van der Waals surface area (Å²) in [5.41, 5.74) is 1.03. The molecule has 0 saturated heterocycles. The summed E-state index contributed by atoms with van der Waals surface area (Å²) >= 11 is 6.12. The fourth-order valence-electron chi connectivity index (χ4n) is 1.52. The number of benzene rings is 1. The zero-order valence-corrected chi connectivity index (χ0v) is 12.7. The third-order valence-corrected chi connectivity index (χ3v) is 2.85. The Bertz CT molecular complexity index is 500. The molecule has 0 aliphatic rings. The van der Waals surface area contributed by atoms with Gasteiger partial charge in [0.15, 0.2) is 6.61 Å². The highest BCUT2D eigenvalue weighted by Gasteiger charge is 2.06. The van der Waals surface area contributed by atoms with Gasteiger partial charge in [0.05, 0.1) is 18.2 Å². The van der Waals surface area contributed by atoms with Gasteiger partial charge in [0.1, 0.15) is 5.75 Å². The Labute approximate surface area is 130 Å². The van der Waals surface area contributed by atoms with Gasteiger partial charge in [-0.2, -0.15) is 0 Å². The Morgan fingerprint density at radius 3 is 2.95 bits per heavy atom. The SMILES string of the molecule is C#CCNC(=O)COc1ccc(CNCCOC)cc1Cl. The van der Waals surface area contributed by atoms with Gasteiger partial charge < -0.3 is 20.1 Å². The molecule has 1 aromatic carbocycles. The van der Waals surface area contributed by atoms with Crippen molar-refractivity contribution in [1.82, 2.24) is 10.6 Å². The van der Waals surface area contributed by atoms with Crippen LogP contribution in [0.2, 0.25) is 5.02 Å². The van der Waals surface area contributed by atoms with E-state index in [9.17, 15) is 4.79 Å². The molecule has 114 valence electrons. The van der Waals surface area contributed by atoms with Crippen molar-refractivity contribution >= 4 is 17.5 Å². The number of ether oxygens (including phenoxy) is 2. The van der Waals surface area contributed by atoms with E-state index in [-0.39, 0.29) is 19.1 Å². The minimum Gasteiger partial charge on any atom is -0.482 e. The Morgan fingerprint density at radius 2 is 2.29 bits per heavy atom. The predicted molar refractivity (Wildman–Crippen MR) is 82.4 cm³/mol. The summed E-state index contributed by atoms with van der Waals surface area (Å²) in [6.07, 6.45) is 5.04. The van der Waals surface area contributed by atoms with Gasteiger partial charge in [0.25, 0.3) is 5.91 Å². The fourth-order valence-corrected chi connectivity index (χ4v) is 1.78. The number of carbonyl (C=O) groups excluding carboxylic acids is 1. The molecule has 0 fully saturated rings. The largest absolute Gasteiger partial charge is 0.482 e. The van der Waals surface area contributed by atoms with Crippen LogP contribution in [0.15, 0.2) is 18.2 Å². The van der Waals surface area contributed by atoms with Crippen LogP contribution in [0.5, 0.6) is 5.75 Å². The molecule has 0 heterocycles. The maximum Gasteiger partial charge on any atom is 0.258 e. The molecule has 5 nitrogen and oxygen atoms in total. The van der Waals surface area contributed by atoms with Crippen molar-refractivity contribution < 1.29 is 14.3 Å². The van der Waals surface area contributed by atoms with Crippen LogP contribution < -0.4 is 15.4 Å². The van der Waals surface area contributed by atoms with E-state index in [4.69, 9.17) is 27.5 Å². The van der Waals surface area contributed by atoms with Gasteiger partial charge in [0, 0.05) is 20.2 Å². The van der Waals surface area contributed by atoms with Crippen LogP contribution in [0.25, 0.3) is 0 Å². The van der Waals surface area contributed by atoms with E-state index >= 15 is 0 Å². The molecule has 0 atom stereocenters. The average molecular weight is 311 g/mol. The summed E-state index contributed by atoms with van der Waals surface area (Å²) in [6, 6.07) is 5.43. The molecule has 0 aliphatic heterocycles. The first-order valence-corrected chi connectivity index (χ1v) is 6.86. The van der Waals surface area contributed by atoms with Crippen LogP contribution in [-0.2, 0) is 16.1 Å². The Balaban J connectivity index is 2.43. The number of nitrogens with one attached hydrogen (secondary N) is 2. The standard InChI is InChI=1S/C15H19ClN2O3/c1-3-6-18-15(19)11-21-14-5-4-12(9-13(14)16)10-17-7-8-20-2/h1,4-5,9,17H,6-8,10-11H2,2H3,(H,18,19). The monoisotopic (exact) mass is 310 g/mol. The van der Waals surface area contributed by atoms with Crippen LogP contribution in [0.3, 0.4) is 0 Å². The van der Waals surface area contributed by atoms with E-state index in [1.165, 1.54) is 0 Å². The highest BCUT2D eigenvalue weighted by molar-refractivity contribution is 6.32. The maximum atomic E-state index is 11.4. The Morgan fingerprint density at radius 1 is 1.48 bits per heavy atom. The Hall–Kier alpha value is -1.74. The highest BCUT2D eigenvalue weighted by Crippen LogP contribution is 2.25. The molecule has 0 saturated carbocycles. The number of rotatable bonds is 9. The third kappa shape index (κ3) is 7.00. The summed E-state index contributed by atoms with van der Waals surface area (Å²) in [7, 11) is 1.66. The van der Waals surface area contributed by atoms with Crippen molar-refractivity contribution in [3.05, 3.63) is 28.8 Å². The second kappa shape index (κ2) is 10.1. The molecular formula is C15H19ClN2O3. The molecule has 1 aromatic rings. The van der Waals surface area contributed by atoms with Crippen molar-refractivity contribution in [1.29, 1.82) is 0 Å². The Kier molecular flexibility index (Phi) is 8.29. The molecule has 0 aromatic heterocycles. The van der Waals surface area contributed by atoms with Gasteiger partial charge >= 0.3 is 0 Å². The number of methoxy groups -OCH3 is 1. The number of terminal acetylenes is 1. The molecule has 0 aliphatic carbocycles. The lowest BCUT2D eigenvalue weighted by atomic mass is 10.2. The molecule has 0 unspecified atom stereocenters. The number of amides is 1. The van der Waals surface area contributed by atoms with E-state index in [0.717, 1.165) is 12.1 Å². The van der Waals surface area contributed by atoms with Gasteiger partial charge in [-0.15, -0.1) is 6.42 Å². The van der Waals surface area contributed by atoms with E-state index in [1.807, 2.05) is 6.07 Å². The van der Waals surface area contributed by atoms with Crippen molar-refractivity contribution in [2.24, 2.45) is 0 Å². The van der Waals surface area contributed by atoms with E-state index in [0.29, 0.717) is 23.9 Å². The topological polar surface area (TPSA) is 59.6 Å². The molecular weight excluding hydrogens is 292 g/mol. The first kappa shape index (κ1) is 17.3. The lowest BCUT2D eigenvalue weighted by Gasteiger charge is -2.10. The number of carbonyl (C=O) groups is 1. The lowest BCUT2D eigenvalue weighted by Crippen LogP contribution is -2.29. The summed E-state index contributed by atoms with van der Waals surface area (Å²) in [4.78, 5) is 11.4. The van der Waals surface area contributed by atoms with Gasteiger partial charge in [-0.25, -0.2) is 0 Å². The number of halogens is 1. The quantitative estimate of drug-likeness (QED) is 0.531. The van der Waals surface area contributed by atoms with Gasteiger partial charge in [-0.3, -0.25) is 4.79 Å². The van der Waals surface area contributed by atoms with E-state index in [1.54, 1.807) is 19.2 Å². The molecule has 21 heavy (non-hydrogen) atoms. The third-order valence-electron chi connectivity index (χ3n) is 2.55. The molecule has 1 rings (SSSR count). The van der Waals surface area contributed by atoms with Gasteiger partial charge in [0.2, 0.25) is 0 Å². The molecule has 0 bridgehead atoms. The van der Waals surface area contributed by atoms with Crippen molar-refractivity contribution in [2.75, 3.05) is 33.4 Å². The minimum absolute atomic E-state index is 0.118. The maximum absolute atomic E-state index is 11.4. The zero-order valence-electron chi connectivity index (χ0n) is 11.9. The number of hydrogen-bond acceptors (Lipinski definition) is 4. The second-order valence-corrected chi connectivity index (χ2v) is 4.61. The minimum atomic E-state index is -0.283. The van der Waals surface area contributed by atoms with Crippen molar-refractivity contribution in [3.63, 3.8) is 0 Å². The van der Waals surface area contributed by atoms with E-state index in [2.05, 4.69) is 16.6 Å². The van der Waals surface area contributed by atoms with Crippen LogP contribution in [-0.4, -0.2) is 39.3 Å². The molecule has 6 heteroatoms. The van der Waals surface area contributed by atoms with Gasteiger partial charge in [-0.1, -0.05) is 23.6 Å². The highest BCUT2D eigenvalue weighted by atomic mass is 35.5. The fraction of sp³-hybridized carbons (Fsp3) is 0.400. The second-order valence-electron chi connectivity index (χ2n) is 4.20. The first-order valence-electron chi connectivity index (χ1n) is 6.48. The normalized spacial score (nSPS) is 9.95. The predicted octanol–water partition coefficient (Wildman–Crippen LogP) is 1.20. The molecule has 0 radical (unpaired) electrons.